The van der Waals surface area contributed by atoms with Crippen LogP contribution in [0.25, 0.3) is 0 Å². The lowest BCUT2D eigenvalue weighted by molar-refractivity contribution is -0.119. The quantitative estimate of drug-likeness (QED) is 0.542. The van der Waals surface area contributed by atoms with Gasteiger partial charge in [-0.15, -0.1) is 0 Å². The van der Waals surface area contributed by atoms with Gasteiger partial charge in [-0.1, -0.05) is 0 Å². The lowest BCUT2D eigenvalue weighted by Crippen LogP contribution is -2.21. The third-order valence-electron chi connectivity index (χ3n) is 3.34. The summed E-state index contributed by atoms with van der Waals surface area (Å²) < 4.78 is 52.0. The highest BCUT2D eigenvalue weighted by molar-refractivity contribution is 8.00. The minimum atomic E-state index is -4.42. The molecule has 0 spiro atoms. The summed E-state index contributed by atoms with van der Waals surface area (Å²) in [6.45, 7) is -0.585. The van der Waals surface area contributed by atoms with Crippen LogP contribution in [-0.4, -0.2) is 38.2 Å². The number of alkyl halides is 3. The van der Waals surface area contributed by atoms with Gasteiger partial charge in [-0.2, -0.15) is 13.2 Å². The highest BCUT2D eigenvalue weighted by Crippen LogP contribution is 2.36. The van der Waals surface area contributed by atoms with Crippen molar-refractivity contribution in [3.8, 4) is 11.5 Å². The second-order valence-electron chi connectivity index (χ2n) is 5.26. The molecule has 28 heavy (non-hydrogen) atoms. The third-order valence-corrected chi connectivity index (χ3v) is 4.08. The molecule has 6 nitrogen and oxygen atoms in total. The molecule has 2 rings (SSSR count). The Bertz CT molecular complexity index is 840. The van der Waals surface area contributed by atoms with Crippen molar-refractivity contribution in [2.75, 3.05) is 26.1 Å². The number of hydrogen-bond donors (Lipinski definition) is 1. The molecule has 0 aliphatic carbocycles. The van der Waals surface area contributed by atoms with Gasteiger partial charge in [-0.05, 0) is 48.2 Å². The van der Waals surface area contributed by atoms with Crippen LogP contribution in [-0.2, 0) is 9.53 Å². The number of nitrogens with one attached hydrogen (secondary N) is 1. The molecule has 0 aliphatic rings. The molecule has 2 aromatic carbocycles. The number of ether oxygens (including phenoxy) is 3. The summed E-state index contributed by atoms with van der Waals surface area (Å²) in [6, 6.07) is 9.47. The molecule has 0 bridgehead atoms. The maximum absolute atomic E-state index is 12.3. The number of amides is 1. The SMILES string of the molecule is COc1ccc(OC)c(NC(=O)COC(=O)c2ccc(SC(F)(F)F)cc2)c1. The van der Waals surface area contributed by atoms with Gasteiger partial charge in [0.15, 0.2) is 6.61 Å². The fourth-order valence-electron chi connectivity index (χ4n) is 2.11. The molecule has 1 amide bonds. The molecule has 10 heteroatoms. The van der Waals surface area contributed by atoms with E-state index in [1.165, 1.54) is 32.4 Å². The van der Waals surface area contributed by atoms with E-state index in [1.807, 2.05) is 0 Å². The average molecular weight is 415 g/mol. The van der Waals surface area contributed by atoms with E-state index in [9.17, 15) is 22.8 Å². The van der Waals surface area contributed by atoms with Gasteiger partial charge in [0, 0.05) is 11.0 Å². The van der Waals surface area contributed by atoms with Gasteiger partial charge >= 0.3 is 11.5 Å². The molecular weight excluding hydrogens is 399 g/mol. The first-order chi connectivity index (χ1) is 13.2. The van der Waals surface area contributed by atoms with Crippen LogP contribution >= 0.6 is 11.8 Å². The van der Waals surface area contributed by atoms with Gasteiger partial charge in [-0.3, -0.25) is 4.79 Å². The Morgan fingerprint density at radius 2 is 1.71 bits per heavy atom. The van der Waals surface area contributed by atoms with Crippen molar-refractivity contribution < 1.29 is 37.0 Å². The number of benzene rings is 2. The smallest absolute Gasteiger partial charge is 0.446 e. The minimum absolute atomic E-state index is 0.0262. The van der Waals surface area contributed by atoms with E-state index in [4.69, 9.17) is 14.2 Å². The Morgan fingerprint density at radius 1 is 1.04 bits per heavy atom. The number of halogens is 3. The van der Waals surface area contributed by atoms with Crippen molar-refractivity contribution in [1.82, 2.24) is 0 Å². The Kier molecular flexibility index (Phi) is 7.16. The van der Waals surface area contributed by atoms with Crippen LogP contribution in [0.2, 0.25) is 0 Å². The van der Waals surface area contributed by atoms with Crippen LogP contribution in [0, 0.1) is 0 Å². The maximum Gasteiger partial charge on any atom is 0.446 e. The summed E-state index contributed by atoms with van der Waals surface area (Å²) in [4.78, 5) is 23.9. The second kappa shape index (κ2) is 9.36. The van der Waals surface area contributed by atoms with Crippen molar-refractivity contribution in [3.63, 3.8) is 0 Å². The van der Waals surface area contributed by atoms with Crippen LogP contribution in [0.5, 0.6) is 11.5 Å². The lowest BCUT2D eigenvalue weighted by atomic mass is 10.2. The first-order valence-corrected chi connectivity index (χ1v) is 8.58. The van der Waals surface area contributed by atoms with E-state index < -0.39 is 24.0 Å². The number of hydrogen-bond acceptors (Lipinski definition) is 6. The molecule has 150 valence electrons. The van der Waals surface area contributed by atoms with E-state index in [-0.39, 0.29) is 22.2 Å². The van der Waals surface area contributed by atoms with Crippen LogP contribution in [0.1, 0.15) is 10.4 Å². The lowest BCUT2D eigenvalue weighted by Gasteiger charge is -2.12. The van der Waals surface area contributed by atoms with Gasteiger partial charge in [0.05, 0.1) is 25.5 Å². The topological polar surface area (TPSA) is 73.9 Å². The van der Waals surface area contributed by atoms with E-state index in [1.54, 1.807) is 12.1 Å². The number of thioether (sulfide) groups is 1. The zero-order chi connectivity index (χ0) is 20.7. The highest BCUT2D eigenvalue weighted by Gasteiger charge is 2.29. The largest absolute Gasteiger partial charge is 0.497 e. The van der Waals surface area contributed by atoms with E-state index >= 15 is 0 Å². The van der Waals surface area contributed by atoms with E-state index in [2.05, 4.69) is 5.32 Å². The highest BCUT2D eigenvalue weighted by atomic mass is 32.2. The molecule has 0 saturated carbocycles. The fourth-order valence-corrected chi connectivity index (χ4v) is 2.64. The molecule has 0 heterocycles. The number of methoxy groups -OCH3 is 2. The zero-order valence-corrected chi connectivity index (χ0v) is 15.6. The van der Waals surface area contributed by atoms with Gasteiger partial charge in [0.25, 0.3) is 5.91 Å². The number of anilines is 1. The average Bonchev–Trinajstić information content (AvgIpc) is 2.65. The minimum Gasteiger partial charge on any atom is -0.497 e. The normalized spacial score (nSPS) is 10.9. The fraction of sp³-hybridized carbons (Fsp3) is 0.222. The predicted molar refractivity (Wildman–Crippen MR) is 96.8 cm³/mol. The first-order valence-electron chi connectivity index (χ1n) is 7.76. The number of carbonyl (C=O) groups excluding carboxylic acids is 2. The maximum atomic E-state index is 12.3. The van der Waals surface area contributed by atoms with Gasteiger partial charge in [0.2, 0.25) is 0 Å². The van der Waals surface area contributed by atoms with Crippen LogP contribution in [0.4, 0.5) is 18.9 Å². The summed E-state index contributed by atoms with van der Waals surface area (Å²) in [5.41, 5.74) is -4.06. The summed E-state index contributed by atoms with van der Waals surface area (Å²) in [7, 11) is 2.89. The van der Waals surface area contributed by atoms with Crippen LogP contribution < -0.4 is 14.8 Å². The van der Waals surface area contributed by atoms with Gasteiger partial charge < -0.3 is 19.5 Å². The molecule has 0 saturated heterocycles. The molecule has 0 fully saturated rings. The number of esters is 1. The first kappa shape index (κ1) is 21.4. The Labute approximate surface area is 163 Å². The van der Waals surface area contributed by atoms with Gasteiger partial charge in [-0.25, -0.2) is 4.79 Å². The molecule has 1 N–H and O–H groups in total. The molecule has 0 aliphatic heterocycles. The van der Waals surface area contributed by atoms with E-state index in [0.29, 0.717) is 17.2 Å². The monoisotopic (exact) mass is 415 g/mol. The van der Waals surface area contributed by atoms with Crippen molar-refractivity contribution in [2.45, 2.75) is 10.4 Å². The second-order valence-corrected chi connectivity index (χ2v) is 6.40. The molecule has 0 aromatic heterocycles. The van der Waals surface area contributed by atoms with Crippen molar-refractivity contribution in [2.24, 2.45) is 0 Å². The van der Waals surface area contributed by atoms with Crippen molar-refractivity contribution in [3.05, 3.63) is 48.0 Å². The summed E-state index contributed by atoms with van der Waals surface area (Å²) >= 11 is -0.291. The van der Waals surface area contributed by atoms with E-state index in [0.717, 1.165) is 12.1 Å². The molecule has 0 radical (unpaired) electrons. The van der Waals surface area contributed by atoms with Crippen molar-refractivity contribution >= 4 is 29.3 Å². The molecule has 0 unspecified atom stereocenters. The Balaban J connectivity index is 1.93. The van der Waals surface area contributed by atoms with Crippen molar-refractivity contribution in [1.29, 1.82) is 0 Å². The predicted octanol–water partition coefficient (Wildman–Crippen LogP) is 4.11. The number of rotatable bonds is 7. The third kappa shape index (κ3) is 6.38. The molecule has 0 atom stereocenters. The Hall–Kier alpha value is -2.88. The summed E-state index contributed by atoms with van der Waals surface area (Å²) in [6.07, 6.45) is 0. The standard InChI is InChI=1S/C18H16F3NO5S/c1-25-12-5-8-15(26-2)14(9-12)22-16(23)10-27-17(24)11-3-6-13(7-4-11)28-18(19,20)21/h3-9H,10H2,1-2H3,(H,22,23). The zero-order valence-electron chi connectivity index (χ0n) is 14.8. The van der Waals surface area contributed by atoms with Crippen LogP contribution in [0.15, 0.2) is 47.4 Å². The Morgan fingerprint density at radius 3 is 2.29 bits per heavy atom. The van der Waals surface area contributed by atoms with Gasteiger partial charge in [0.1, 0.15) is 11.5 Å². The summed E-state index contributed by atoms with van der Waals surface area (Å²) in [5.74, 6) is -0.580. The summed E-state index contributed by atoms with van der Waals surface area (Å²) in [5, 5.41) is 2.53. The molecular formula is C18H16F3NO5S. The number of carbonyl (C=O) groups is 2. The van der Waals surface area contributed by atoms with Crippen LogP contribution in [0.3, 0.4) is 0 Å². The molecule has 2 aromatic rings.